The number of nitrogens with zero attached hydrogens (tertiary/aromatic N) is 3. The molecule has 2 aromatic rings. The van der Waals surface area contributed by atoms with Gasteiger partial charge in [0, 0.05) is 33.1 Å². The molecule has 23 heavy (non-hydrogen) atoms. The SMILES string of the molecule is CCn1c(CCNC(=O)N(C)CCC(C)O)nc2ccccc21. The van der Waals surface area contributed by atoms with Gasteiger partial charge in [0.25, 0.3) is 0 Å². The van der Waals surface area contributed by atoms with Crippen molar-refractivity contribution in [2.24, 2.45) is 0 Å². The molecule has 0 spiro atoms. The van der Waals surface area contributed by atoms with Crippen LogP contribution in [-0.2, 0) is 13.0 Å². The summed E-state index contributed by atoms with van der Waals surface area (Å²) in [6, 6.07) is 7.95. The van der Waals surface area contributed by atoms with E-state index in [2.05, 4.69) is 27.9 Å². The minimum atomic E-state index is -0.394. The molecule has 2 rings (SSSR count). The third kappa shape index (κ3) is 4.45. The summed E-state index contributed by atoms with van der Waals surface area (Å²) in [5.74, 6) is 0.987. The Labute approximate surface area is 137 Å². The first-order valence-electron chi connectivity index (χ1n) is 8.14. The lowest BCUT2D eigenvalue weighted by Gasteiger charge is -2.18. The largest absolute Gasteiger partial charge is 0.393 e. The second-order valence-electron chi connectivity index (χ2n) is 5.80. The number of imidazole rings is 1. The fraction of sp³-hybridized carbons (Fsp3) is 0.529. The van der Waals surface area contributed by atoms with Crippen molar-refractivity contribution in [3.05, 3.63) is 30.1 Å². The summed E-state index contributed by atoms with van der Waals surface area (Å²) >= 11 is 0. The third-order valence-electron chi connectivity index (χ3n) is 3.90. The Hall–Kier alpha value is -2.08. The minimum absolute atomic E-state index is 0.121. The Morgan fingerprint density at radius 2 is 2.17 bits per heavy atom. The molecule has 126 valence electrons. The zero-order valence-corrected chi connectivity index (χ0v) is 14.1. The van der Waals surface area contributed by atoms with Crippen molar-refractivity contribution in [1.82, 2.24) is 19.8 Å². The lowest BCUT2D eigenvalue weighted by molar-refractivity contribution is 0.163. The molecule has 0 bridgehead atoms. The molecule has 1 unspecified atom stereocenters. The van der Waals surface area contributed by atoms with Crippen molar-refractivity contribution in [2.45, 2.75) is 39.3 Å². The summed E-state index contributed by atoms with van der Waals surface area (Å²) in [6.45, 7) is 5.76. The van der Waals surface area contributed by atoms with Crippen LogP contribution in [0.1, 0.15) is 26.1 Å². The average molecular weight is 318 g/mol. The molecule has 1 atom stereocenters. The summed E-state index contributed by atoms with van der Waals surface area (Å²) in [7, 11) is 1.74. The predicted octanol–water partition coefficient (Wildman–Crippen LogP) is 2.01. The molecular weight excluding hydrogens is 292 g/mol. The standard InChI is InChI=1S/C17H26N4O2/c1-4-21-15-8-6-5-7-14(15)19-16(21)9-11-18-17(23)20(3)12-10-13(2)22/h5-8,13,22H,4,9-12H2,1-3H3,(H,18,23). The molecule has 6 nitrogen and oxygen atoms in total. The molecule has 0 saturated carbocycles. The number of carbonyl (C=O) groups excluding carboxylic acids is 1. The smallest absolute Gasteiger partial charge is 0.317 e. The van der Waals surface area contributed by atoms with Crippen LogP contribution in [0.5, 0.6) is 0 Å². The number of aryl methyl sites for hydroxylation is 1. The summed E-state index contributed by atoms with van der Waals surface area (Å²) in [4.78, 5) is 18.2. The molecule has 0 radical (unpaired) electrons. The van der Waals surface area contributed by atoms with Gasteiger partial charge in [0.05, 0.1) is 17.1 Å². The van der Waals surface area contributed by atoms with Gasteiger partial charge in [-0.1, -0.05) is 12.1 Å². The number of fused-ring (bicyclic) bond motifs is 1. The predicted molar refractivity (Wildman–Crippen MR) is 91.4 cm³/mol. The number of benzene rings is 1. The van der Waals surface area contributed by atoms with Crippen LogP contribution >= 0.6 is 0 Å². The first kappa shape index (κ1) is 17.3. The lowest BCUT2D eigenvalue weighted by Crippen LogP contribution is -2.39. The number of para-hydroxylation sites is 2. The first-order chi connectivity index (χ1) is 11.0. The minimum Gasteiger partial charge on any atom is -0.393 e. The molecule has 0 fully saturated rings. The number of nitrogens with one attached hydrogen (secondary N) is 1. The first-order valence-corrected chi connectivity index (χ1v) is 8.14. The Kier molecular flexibility index (Phi) is 5.98. The fourth-order valence-electron chi connectivity index (χ4n) is 2.57. The van der Waals surface area contributed by atoms with Crippen molar-refractivity contribution in [2.75, 3.05) is 20.1 Å². The van der Waals surface area contributed by atoms with Crippen LogP contribution in [0.4, 0.5) is 4.79 Å². The van der Waals surface area contributed by atoms with Gasteiger partial charge >= 0.3 is 6.03 Å². The van der Waals surface area contributed by atoms with Crippen LogP contribution in [0.3, 0.4) is 0 Å². The molecule has 0 saturated heterocycles. The maximum Gasteiger partial charge on any atom is 0.317 e. The van der Waals surface area contributed by atoms with E-state index in [9.17, 15) is 9.90 Å². The Bertz CT molecular complexity index is 651. The summed E-state index contributed by atoms with van der Waals surface area (Å²) in [5, 5.41) is 12.2. The maximum atomic E-state index is 12.0. The van der Waals surface area contributed by atoms with E-state index in [0.717, 1.165) is 23.4 Å². The van der Waals surface area contributed by atoms with Crippen molar-refractivity contribution < 1.29 is 9.90 Å². The van der Waals surface area contributed by atoms with Crippen LogP contribution in [0.2, 0.25) is 0 Å². The number of carbonyl (C=O) groups is 1. The highest BCUT2D eigenvalue weighted by Gasteiger charge is 2.11. The number of hydrogen-bond acceptors (Lipinski definition) is 3. The number of amides is 2. The van der Waals surface area contributed by atoms with Crippen LogP contribution in [0.15, 0.2) is 24.3 Å². The molecular formula is C17H26N4O2. The molecule has 1 aromatic heterocycles. The van der Waals surface area contributed by atoms with Gasteiger partial charge in [-0.05, 0) is 32.4 Å². The molecule has 0 aliphatic carbocycles. The highest BCUT2D eigenvalue weighted by molar-refractivity contribution is 5.76. The van der Waals surface area contributed by atoms with E-state index in [1.165, 1.54) is 0 Å². The van der Waals surface area contributed by atoms with Gasteiger partial charge in [-0.15, -0.1) is 0 Å². The topological polar surface area (TPSA) is 70.4 Å². The van der Waals surface area contributed by atoms with Gasteiger partial charge in [0.15, 0.2) is 0 Å². The Balaban J connectivity index is 1.90. The van der Waals surface area contributed by atoms with Gasteiger partial charge in [0.1, 0.15) is 5.82 Å². The van der Waals surface area contributed by atoms with Crippen molar-refractivity contribution in [1.29, 1.82) is 0 Å². The molecule has 2 amide bonds. The normalized spacial score (nSPS) is 12.3. The average Bonchev–Trinajstić information content (AvgIpc) is 2.89. The number of aliphatic hydroxyl groups excluding tert-OH is 1. The van der Waals surface area contributed by atoms with Crippen molar-refractivity contribution in [3.63, 3.8) is 0 Å². The van der Waals surface area contributed by atoms with Crippen LogP contribution < -0.4 is 5.32 Å². The van der Waals surface area contributed by atoms with E-state index in [0.29, 0.717) is 25.9 Å². The van der Waals surface area contributed by atoms with Crippen LogP contribution in [0, 0.1) is 0 Å². The highest BCUT2D eigenvalue weighted by atomic mass is 16.3. The number of aliphatic hydroxyl groups is 1. The van der Waals surface area contributed by atoms with Gasteiger partial charge in [0.2, 0.25) is 0 Å². The highest BCUT2D eigenvalue weighted by Crippen LogP contribution is 2.15. The number of urea groups is 1. The zero-order chi connectivity index (χ0) is 16.8. The molecule has 6 heteroatoms. The van der Waals surface area contributed by atoms with Crippen LogP contribution in [-0.4, -0.2) is 51.8 Å². The maximum absolute atomic E-state index is 12.0. The summed E-state index contributed by atoms with van der Waals surface area (Å²) in [5.41, 5.74) is 2.12. The second-order valence-corrected chi connectivity index (χ2v) is 5.80. The van der Waals surface area contributed by atoms with Gasteiger partial charge in [-0.25, -0.2) is 9.78 Å². The molecule has 0 aliphatic heterocycles. The quantitative estimate of drug-likeness (QED) is 0.820. The van der Waals surface area contributed by atoms with E-state index >= 15 is 0 Å². The monoisotopic (exact) mass is 318 g/mol. The van der Waals surface area contributed by atoms with E-state index < -0.39 is 6.10 Å². The van der Waals surface area contributed by atoms with E-state index in [1.54, 1.807) is 18.9 Å². The lowest BCUT2D eigenvalue weighted by atomic mass is 10.3. The number of rotatable bonds is 7. The molecule has 1 heterocycles. The summed E-state index contributed by atoms with van der Waals surface area (Å²) < 4.78 is 2.18. The molecule has 2 N–H and O–H groups in total. The van der Waals surface area contributed by atoms with E-state index in [4.69, 9.17) is 0 Å². The third-order valence-corrected chi connectivity index (χ3v) is 3.90. The van der Waals surface area contributed by atoms with Gasteiger partial charge < -0.3 is 19.9 Å². The second kappa shape index (κ2) is 7.97. The number of hydrogen-bond donors (Lipinski definition) is 2. The zero-order valence-electron chi connectivity index (χ0n) is 14.1. The number of aromatic nitrogens is 2. The van der Waals surface area contributed by atoms with Crippen molar-refractivity contribution >= 4 is 17.1 Å². The fourth-order valence-corrected chi connectivity index (χ4v) is 2.57. The van der Waals surface area contributed by atoms with Crippen LogP contribution in [0.25, 0.3) is 11.0 Å². The van der Waals surface area contributed by atoms with E-state index in [-0.39, 0.29) is 6.03 Å². The Morgan fingerprint density at radius 3 is 2.87 bits per heavy atom. The Morgan fingerprint density at radius 1 is 1.43 bits per heavy atom. The van der Waals surface area contributed by atoms with Gasteiger partial charge in [-0.3, -0.25) is 0 Å². The van der Waals surface area contributed by atoms with E-state index in [1.807, 2.05) is 18.2 Å². The summed E-state index contributed by atoms with van der Waals surface area (Å²) in [6.07, 6.45) is 0.878. The van der Waals surface area contributed by atoms with Crippen molar-refractivity contribution in [3.8, 4) is 0 Å². The molecule has 1 aromatic carbocycles. The van der Waals surface area contributed by atoms with Gasteiger partial charge in [-0.2, -0.15) is 0 Å². The molecule has 0 aliphatic rings.